The van der Waals surface area contributed by atoms with Crippen molar-refractivity contribution in [3.8, 4) is 5.75 Å². The first-order chi connectivity index (χ1) is 13.4. The summed E-state index contributed by atoms with van der Waals surface area (Å²) in [6.07, 6.45) is -2.74. The first-order valence-corrected chi connectivity index (χ1v) is 9.75. The molecule has 0 unspecified atom stereocenters. The lowest BCUT2D eigenvalue weighted by Crippen LogP contribution is -2.46. The van der Waals surface area contributed by atoms with Gasteiger partial charge in [0.1, 0.15) is 5.75 Å². The second-order valence-electron chi connectivity index (χ2n) is 6.86. The average Bonchev–Trinajstić information content (AvgIpc) is 2.68. The predicted octanol–water partition coefficient (Wildman–Crippen LogP) is 3.89. The van der Waals surface area contributed by atoms with Crippen molar-refractivity contribution in [3.63, 3.8) is 0 Å². The van der Waals surface area contributed by atoms with E-state index < -0.39 is 12.1 Å². The summed E-state index contributed by atoms with van der Waals surface area (Å²) in [4.78, 5) is 4.47. The van der Waals surface area contributed by atoms with Crippen molar-refractivity contribution in [1.29, 1.82) is 0 Å². The molecule has 0 spiro atoms. The minimum atomic E-state index is -4.08. The van der Waals surface area contributed by atoms with Gasteiger partial charge in [-0.2, -0.15) is 13.2 Å². The van der Waals surface area contributed by atoms with Crippen LogP contribution in [-0.4, -0.2) is 45.0 Å². The van der Waals surface area contributed by atoms with E-state index in [2.05, 4.69) is 15.6 Å². The van der Waals surface area contributed by atoms with Crippen LogP contribution in [0.2, 0.25) is 0 Å². The number of guanidine groups is 1. The summed E-state index contributed by atoms with van der Waals surface area (Å²) in [6.45, 7) is 3.98. The third-order valence-electron chi connectivity index (χ3n) is 4.83. The molecule has 0 atom stereocenters. The third-order valence-corrected chi connectivity index (χ3v) is 4.83. The Labute approximate surface area is 164 Å². The molecule has 1 fully saturated rings. The SMILES string of the molecule is CCNC(=NCCOCc1ccccc1OC)NC1CCC(C(F)(F)F)CC1. The second-order valence-corrected chi connectivity index (χ2v) is 6.86. The van der Waals surface area contributed by atoms with Crippen LogP contribution >= 0.6 is 0 Å². The van der Waals surface area contributed by atoms with E-state index in [0.29, 0.717) is 45.1 Å². The molecule has 1 aliphatic rings. The van der Waals surface area contributed by atoms with E-state index in [4.69, 9.17) is 9.47 Å². The first kappa shape index (κ1) is 22.3. The molecule has 158 valence electrons. The van der Waals surface area contributed by atoms with Gasteiger partial charge in [0.25, 0.3) is 0 Å². The van der Waals surface area contributed by atoms with Crippen LogP contribution < -0.4 is 15.4 Å². The molecule has 1 aliphatic carbocycles. The van der Waals surface area contributed by atoms with Crippen LogP contribution in [-0.2, 0) is 11.3 Å². The molecule has 1 aromatic carbocycles. The minimum Gasteiger partial charge on any atom is -0.496 e. The van der Waals surface area contributed by atoms with Crippen molar-refractivity contribution in [2.75, 3.05) is 26.8 Å². The molecule has 0 bridgehead atoms. The highest BCUT2D eigenvalue weighted by molar-refractivity contribution is 5.80. The van der Waals surface area contributed by atoms with Gasteiger partial charge in [-0.25, -0.2) is 0 Å². The lowest BCUT2D eigenvalue weighted by atomic mass is 9.85. The molecule has 1 saturated carbocycles. The molecule has 0 heterocycles. The van der Waals surface area contributed by atoms with E-state index in [9.17, 15) is 13.2 Å². The Kier molecular flexibility index (Phi) is 8.89. The number of aliphatic imine (C=N–C) groups is 1. The predicted molar refractivity (Wildman–Crippen MR) is 104 cm³/mol. The molecule has 28 heavy (non-hydrogen) atoms. The van der Waals surface area contributed by atoms with Crippen LogP contribution in [0.5, 0.6) is 5.75 Å². The fourth-order valence-electron chi connectivity index (χ4n) is 3.30. The molecule has 2 rings (SSSR count). The number of alkyl halides is 3. The normalized spacial score (nSPS) is 20.7. The fourth-order valence-corrected chi connectivity index (χ4v) is 3.30. The van der Waals surface area contributed by atoms with E-state index in [1.165, 1.54) is 0 Å². The molecule has 0 aliphatic heterocycles. The van der Waals surface area contributed by atoms with Crippen molar-refractivity contribution >= 4 is 5.96 Å². The summed E-state index contributed by atoms with van der Waals surface area (Å²) < 4.78 is 49.3. The number of benzene rings is 1. The van der Waals surface area contributed by atoms with Gasteiger partial charge in [0, 0.05) is 18.2 Å². The van der Waals surface area contributed by atoms with Crippen molar-refractivity contribution in [2.24, 2.45) is 10.9 Å². The maximum atomic E-state index is 12.8. The molecular weight excluding hydrogens is 371 g/mol. The van der Waals surface area contributed by atoms with E-state index in [1.54, 1.807) is 7.11 Å². The minimum absolute atomic E-state index is 0.0194. The van der Waals surface area contributed by atoms with E-state index in [0.717, 1.165) is 11.3 Å². The molecular formula is C20H30F3N3O2. The summed E-state index contributed by atoms with van der Waals surface area (Å²) in [7, 11) is 1.62. The Morgan fingerprint density at radius 2 is 1.89 bits per heavy atom. The maximum Gasteiger partial charge on any atom is 0.391 e. The fraction of sp³-hybridized carbons (Fsp3) is 0.650. The van der Waals surface area contributed by atoms with Crippen molar-refractivity contribution in [2.45, 2.75) is 51.4 Å². The smallest absolute Gasteiger partial charge is 0.391 e. The Morgan fingerprint density at radius 1 is 1.18 bits per heavy atom. The quantitative estimate of drug-likeness (QED) is 0.394. The van der Waals surface area contributed by atoms with Gasteiger partial charge in [-0.1, -0.05) is 18.2 Å². The number of nitrogens with one attached hydrogen (secondary N) is 2. The highest BCUT2D eigenvalue weighted by Crippen LogP contribution is 2.37. The summed E-state index contributed by atoms with van der Waals surface area (Å²) in [6, 6.07) is 7.69. The van der Waals surface area contributed by atoms with Gasteiger partial charge in [-0.05, 0) is 38.7 Å². The number of methoxy groups -OCH3 is 1. The topological polar surface area (TPSA) is 54.9 Å². The van der Waals surface area contributed by atoms with Gasteiger partial charge < -0.3 is 20.1 Å². The van der Waals surface area contributed by atoms with Gasteiger partial charge in [-0.15, -0.1) is 0 Å². The Bertz CT molecular complexity index is 615. The number of ether oxygens (including phenoxy) is 2. The molecule has 0 saturated heterocycles. The van der Waals surface area contributed by atoms with E-state index in [1.807, 2.05) is 31.2 Å². The average molecular weight is 401 g/mol. The molecule has 2 N–H and O–H groups in total. The summed E-state index contributed by atoms with van der Waals surface area (Å²) in [5.74, 6) is 0.239. The number of nitrogens with zero attached hydrogens (tertiary/aromatic N) is 1. The number of hydrogen-bond acceptors (Lipinski definition) is 3. The summed E-state index contributed by atoms with van der Waals surface area (Å²) in [5.41, 5.74) is 0.973. The van der Waals surface area contributed by atoms with Gasteiger partial charge in [0.15, 0.2) is 5.96 Å². The van der Waals surface area contributed by atoms with Gasteiger partial charge in [-0.3, -0.25) is 4.99 Å². The van der Waals surface area contributed by atoms with Crippen molar-refractivity contribution < 1.29 is 22.6 Å². The maximum absolute atomic E-state index is 12.8. The number of rotatable bonds is 8. The number of para-hydroxylation sites is 1. The molecule has 0 amide bonds. The third kappa shape index (κ3) is 7.22. The zero-order valence-corrected chi connectivity index (χ0v) is 16.5. The first-order valence-electron chi connectivity index (χ1n) is 9.75. The number of hydrogen-bond donors (Lipinski definition) is 2. The Hall–Kier alpha value is -1.96. The van der Waals surface area contributed by atoms with Crippen LogP contribution in [0.25, 0.3) is 0 Å². The molecule has 0 aromatic heterocycles. The van der Waals surface area contributed by atoms with Gasteiger partial charge in [0.05, 0.1) is 32.8 Å². The van der Waals surface area contributed by atoms with Crippen LogP contribution in [0.4, 0.5) is 13.2 Å². The number of halogens is 3. The standard InChI is InChI=1S/C20H30F3N3O2/c1-3-24-19(26-17-10-8-16(9-11-17)20(21,22)23)25-12-13-28-14-15-6-4-5-7-18(15)27-2/h4-7,16-17H,3,8-14H2,1-2H3,(H2,24,25,26). The van der Waals surface area contributed by atoms with Gasteiger partial charge >= 0.3 is 6.18 Å². The van der Waals surface area contributed by atoms with Gasteiger partial charge in [0.2, 0.25) is 0 Å². The van der Waals surface area contributed by atoms with Crippen molar-refractivity contribution in [3.05, 3.63) is 29.8 Å². The zero-order valence-electron chi connectivity index (χ0n) is 16.5. The Balaban J connectivity index is 1.75. The van der Waals surface area contributed by atoms with E-state index in [-0.39, 0.29) is 18.9 Å². The van der Waals surface area contributed by atoms with Crippen LogP contribution in [0, 0.1) is 5.92 Å². The van der Waals surface area contributed by atoms with Crippen LogP contribution in [0.15, 0.2) is 29.3 Å². The van der Waals surface area contributed by atoms with Crippen molar-refractivity contribution in [1.82, 2.24) is 10.6 Å². The second kappa shape index (κ2) is 11.1. The summed E-state index contributed by atoms with van der Waals surface area (Å²) >= 11 is 0. The molecule has 5 nitrogen and oxygen atoms in total. The molecule has 1 aromatic rings. The lowest BCUT2D eigenvalue weighted by molar-refractivity contribution is -0.182. The largest absolute Gasteiger partial charge is 0.496 e. The molecule has 8 heteroatoms. The summed E-state index contributed by atoms with van der Waals surface area (Å²) in [5, 5.41) is 6.39. The lowest BCUT2D eigenvalue weighted by Gasteiger charge is -2.31. The molecule has 0 radical (unpaired) electrons. The highest BCUT2D eigenvalue weighted by Gasteiger charge is 2.41. The van der Waals surface area contributed by atoms with Crippen LogP contribution in [0.1, 0.15) is 38.2 Å². The van der Waals surface area contributed by atoms with E-state index >= 15 is 0 Å². The Morgan fingerprint density at radius 3 is 2.54 bits per heavy atom. The zero-order chi connectivity index (χ0) is 20.4. The van der Waals surface area contributed by atoms with Crippen LogP contribution in [0.3, 0.4) is 0 Å². The highest BCUT2D eigenvalue weighted by atomic mass is 19.4. The monoisotopic (exact) mass is 401 g/mol.